The van der Waals surface area contributed by atoms with Crippen molar-refractivity contribution >= 4 is 11.4 Å². The fourth-order valence-electron chi connectivity index (χ4n) is 1.36. The quantitative estimate of drug-likeness (QED) is 0.317. The van der Waals surface area contributed by atoms with Gasteiger partial charge in [0.05, 0.1) is 18.0 Å². The molecule has 0 N–H and O–H groups in total. The van der Waals surface area contributed by atoms with Gasteiger partial charge < -0.3 is 10.2 Å². The summed E-state index contributed by atoms with van der Waals surface area (Å²) in [5.41, 5.74) is 0. The molecule has 3 nitrogen and oxygen atoms in total. The van der Waals surface area contributed by atoms with E-state index in [1.54, 1.807) is 0 Å². The minimum Gasteiger partial charge on any atom is -1.00 e. The van der Waals surface area contributed by atoms with Crippen molar-refractivity contribution in [3.05, 3.63) is 0 Å². The van der Waals surface area contributed by atoms with Crippen LogP contribution in [0.15, 0.2) is 0 Å². The van der Waals surface area contributed by atoms with Crippen LogP contribution in [0.3, 0.4) is 0 Å². The van der Waals surface area contributed by atoms with Gasteiger partial charge in [0.15, 0.2) is 0 Å². The van der Waals surface area contributed by atoms with E-state index in [0.29, 0.717) is 6.61 Å². The first-order chi connectivity index (χ1) is 6.77. The Kier molecular flexibility index (Phi) is 20.0. The van der Waals surface area contributed by atoms with Crippen molar-refractivity contribution in [1.82, 2.24) is 0 Å². The third-order valence-electron chi connectivity index (χ3n) is 2.18. The summed E-state index contributed by atoms with van der Waals surface area (Å²) in [5, 5.41) is 0. The Bertz CT molecular complexity index is 150. The summed E-state index contributed by atoms with van der Waals surface area (Å²) in [6.07, 6.45) is 9.63. The third kappa shape index (κ3) is 18.3. The normalized spacial score (nSPS) is 12.1. The van der Waals surface area contributed by atoms with Gasteiger partial charge in [-0.1, -0.05) is 51.9 Å². The Balaban J connectivity index is -0.000000845. The van der Waals surface area contributed by atoms with E-state index in [0.717, 1.165) is 12.8 Å². The zero-order chi connectivity index (χ0) is 10.6. The number of rotatable bonds is 10. The molecule has 0 radical (unpaired) electrons. The van der Waals surface area contributed by atoms with E-state index in [9.17, 15) is 8.76 Å². The molecule has 0 aromatic carbocycles. The van der Waals surface area contributed by atoms with Crippen LogP contribution in [0.25, 0.3) is 0 Å². The molecule has 0 amide bonds. The van der Waals surface area contributed by atoms with Crippen molar-refractivity contribution in [2.75, 3.05) is 6.61 Å². The van der Waals surface area contributed by atoms with E-state index in [2.05, 4.69) is 11.1 Å². The largest absolute Gasteiger partial charge is 1.00 e. The van der Waals surface area contributed by atoms with Gasteiger partial charge in [-0.2, -0.15) is 0 Å². The second kappa shape index (κ2) is 15.7. The molecule has 0 bridgehead atoms. The van der Waals surface area contributed by atoms with E-state index in [4.69, 9.17) is 0 Å². The molecule has 0 saturated heterocycles. The molecular weight excluding hydrogens is 239 g/mol. The smallest absolute Gasteiger partial charge is 1.00 e. The number of hydrogen-bond donors (Lipinski definition) is 0. The molecule has 0 rings (SSSR count). The summed E-state index contributed by atoms with van der Waals surface area (Å²) < 4.78 is 24.4. The topological polar surface area (TPSA) is 49.4 Å². The standard InChI is InChI=1S/C10H22O3S.K.H/c1-2-3-4-5-6-7-8-9-10-13-14(11)12;;/h2-10H2,1H3,(H,11,12);;/q;+1;-1/p-1. The van der Waals surface area contributed by atoms with Crippen LogP contribution in [0.4, 0.5) is 0 Å². The van der Waals surface area contributed by atoms with Crippen molar-refractivity contribution in [1.29, 1.82) is 0 Å². The van der Waals surface area contributed by atoms with E-state index >= 15 is 0 Å². The molecular formula is C10H22KO3S-. The molecule has 15 heavy (non-hydrogen) atoms. The maximum absolute atomic E-state index is 9.98. The van der Waals surface area contributed by atoms with Crippen LogP contribution < -0.4 is 51.4 Å². The molecule has 0 aliphatic rings. The molecule has 1 unspecified atom stereocenters. The average molecular weight is 261 g/mol. The molecule has 88 valence electrons. The summed E-state index contributed by atoms with van der Waals surface area (Å²) in [4.78, 5) is 0. The molecule has 0 spiro atoms. The van der Waals surface area contributed by atoms with Gasteiger partial charge in [0, 0.05) is 0 Å². The van der Waals surface area contributed by atoms with E-state index in [-0.39, 0.29) is 52.8 Å². The van der Waals surface area contributed by atoms with Crippen LogP contribution in [-0.4, -0.2) is 15.4 Å². The summed E-state index contributed by atoms with van der Waals surface area (Å²) in [7, 11) is 0. The Labute approximate surface area is 140 Å². The van der Waals surface area contributed by atoms with Crippen LogP contribution in [0.5, 0.6) is 0 Å². The molecule has 0 aromatic rings. The van der Waals surface area contributed by atoms with Crippen molar-refractivity contribution < 1.29 is 65.8 Å². The van der Waals surface area contributed by atoms with Crippen LogP contribution in [0.2, 0.25) is 0 Å². The van der Waals surface area contributed by atoms with E-state index in [1.165, 1.54) is 38.5 Å². The average Bonchev–Trinajstić information content (AvgIpc) is 2.15. The molecule has 0 heterocycles. The zero-order valence-corrected chi connectivity index (χ0v) is 13.9. The Hall–Kier alpha value is 1.71. The SMILES string of the molecule is CCCCCCCCCCOS(=O)[O-].[H-].[K+]. The zero-order valence-electron chi connectivity index (χ0n) is 11.0. The van der Waals surface area contributed by atoms with Gasteiger partial charge in [0.1, 0.15) is 0 Å². The molecule has 0 aliphatic carbocycles. The molecule has 1 atom stereocenters. The molecule has 5 heteroatoms. The van der Waals surface area contributed by atoms with Crippen LogP contribution in [0.1, 0.15) is 59.7 Å². The first-order valence-electron chi connectivity index (χ1n) is 5.50. The van der Waals surface area contributed by atoms with Crippen molar-refractivity contribution in [3.8, 4) is 0 Å². The molecule has 0 saturated carbocycles. The summed E-state index contributed by atoms with van der Waals surface area (Å²) in [6, 6.07) is 0. The van der Waals surface area contributed by atoms with Crippen molar-refractivity contribution in [2.24, 2.45) is 0 Å². The van der Waals surface area contributed by atoms with Crippen LogP contribution >= 0.6 is 0 Å². The van der Waals surface area contributed by atoms with Gasteiger partial charge in [-0.15, -0.1) is 0 Å². The first-order valence-corrected chi connectivity index (χ1v) is 6.50. The second-order valence-corrected chi connectivity index (χ2v) is 4.14. The van der Waals surface area contributed by atoms with Gasteiger partial charge in [0.2, 0.25) is 0 Å². The van der Waals surface area contributed by atoms with Gasteiger partial charge in [-0.05, 0) is 6.42 Å². The Morgan fingerprint density at radius 1 is 1.07 bits per heavy atom. The number of hydrogen-bond acceptors (Lipinski definition) is 3. The first kappa shape index (κ1) is 19.1. The Morgan fingerprint density at radius 3 is 2.00 bits per heavy atom. The fraction of sp³-hybridized carbons (Fsp3) is 1.00. The van der Waals surface area contributed by atoms with E-state index in [1.807, 2.05) is 0 Å². The maximum Gasteiger partial charge on any atom is 1.00 e. The third-order valence-corrected chi connectivity index (χ3v) is 2.54. The van der Waals surface area contributed by atoms with E-state index < -0.39 is 11.4 Å². The summed E-state index contributed by atoms with van der Waals surface area (Å²) in [5.74, 6) is 0. The van der Waals surface area contributed by atoms with Gasteiger partial charge in [0.25, 0.3) is 0 Å². The second-order valence-electron chi connectivity index (χ2n) is 3.50. The van der Waals surface area contributed by atoms with Crippen LogP contribution in [-0.2, 0) is 15.5 Å². The Morgan fingerprint density at radius 2 is 1.53 bits per heavy atom. The molecule has 0 aromatic heterocycles. The molecule has 0 aliphatic heterocycles. The van der Waals surface area contributed by atoms with Gasteiger partial charge in [-0.3, -0.25) is 0 Å². The monoisotopic (exact) mass is 261 g/mol. The summed E-state index contributed by atoms with van der Waals surface area (Å²) >= 11 is -2.33. The van der Waals surface area contributed by atoms with Crippen molar-refractivity contribution in [2.45, 2.75) is 58.3 Å². The van der Waals surface area contributed by atoms with Gasteiger partial charge >= 0.3 is 51.4 Å². The molecule has 0 fully saturated rings. The van der Waals surface area contributed by atoms with Crippen molar-refractivity contribution in [3.63, 3.8) is 0 Å². The number of unbranched alkanes of at least 4 members (excludes halogenated alkanes) is 7. The van der Waals surface area contributed by atoms with Crippen LogP contribution in [0, 0.1) is 0 Å². The summed E-state index contributed by atoms with van der Waals surface area (Å²) in [6.45, 7) is 2.55. The maximum atomic E-state index is 9.98. The van der Waals surface area contributed by atoms with Gasteiger partial charge in [-0.25, -0.2) is 4.21 Å². The minimum atomic E-state index is -2.33. The fourth-order valence-corrected chi connectivity index (χ4v) is 1.62. The predicted octanol–water partition coefficient (Wildman–Crippen LogP) is 0.0543. The minimum absolute atomic E-state index is 0. The predicted molar refractivity (Wildman–Crippen MR) is 58.6 cm³/mol.